The Morgan fingerprint density at radius 1 is 1.14 bits per heavy atom. The highest BCUT2D eigenvalue weighted by Crippen LogP contribution is 2.31. The number of benzene rings is 1. The normalized spacial score (nSPS) is 14.6. The first-order valence-electron chi connectivity index (χ1n) is 8.35. The van der Waals surface area contributed by atoms with Gasteiger partial charge in [-0.3, -0.25) is 0 Å². The topological polar surface area (TPSA) is 29.5 Å². The average Bonchev–Trinajstić information content (AvgIpc) is 2.81. The van der Waals surface area contributed by atoms with Gasteiger partial charge < -0.3 is 9.84 Å². The molecule has 21 heavy (non-hydrogen) atoms. The summed E-state index contributed by atoms with van der Waals surface area (Å²) in [4.78, 5) is 0. The van der Waals surface area contributed by atoms with Crippen LogP contribution in [0.5, 0.6) is 5.75 Å². The molecule has 1 aliphatic heterocycles. The van der Waals surface area contributed by atoms with E-state index in [0.29, 0.717) is 11.8 Å². The van der Waals surface area contributed by atoms with Crippen LogP contribution in [0, 0.1) is 11.8 Å². The lowest BCUT2D eigenvalue weighted by atomic mass is 9.81. The highest BCUT2D eigenvalue weighted by molar-refractivity contribution is 5.39. The first kappa shape index (κ1) is 16.4. The van der Waals surface area contributed by atoms with Crippen LogP contribution in [0.25, 0.3) is 0 Å². The lowest BCUT2D eigenvalue weighted by molar-refractivity contribution is -0.00707. The number of hydrogen-bond donors (Lipinski definition) is 1. The molecule has 2 rings (SSSR count). The number of ether oxygens (including phenoxy) is 1. The largest absolute Gasteiger partial charge is 0.493 e. The molecule has 1 aliphatic rings. The van der Waals surface area contributed by atoms with Crippen LogP contribution in [-0.2, 0) is 12.8 Å². The molecule has 1 N–H and O–H groups in total. The van der Waals surface area contributed by atoms with Crippen molar-refractivity contribution >= 4 is 0 Å². The van der Waals surface area contributed by atoms with Crippen LogP contribution < -0.4 is 4.74 Å². The molecule has 1 aromatic carbocycles. The zero-order valence-corrected chi connectivity index (χ0v) is 14.0. The Labute approximate surface area is 129 Å². The van der Waals surface area contributed by atoms with E-state index in [-0.39, 0.29) is 0 Å². The molecule has 0 bridgehead atoms. The summed E-state index contributed by atoms with van der Waals surface area (Å²) in [5.41, 5.74) is 2.12. The molecule has 0 saturated heterocycles. The Morgan fingerprint density at radius 2 is 1.81 bits per heavy atom. The van der Waals surface area contributed by atoms with Gasteiger partial charge in [-0.1, -0.05) is 39.8 Å². The maximum Gasteiger partial charge on any atom is 0.122 e. The summed E-state index contributed by atoms with van der Waals surface area (Å²) in [7, 11) is 0. The van der Waals surface area contributed by atoms with Crippen molar-refractivity contribution in [3.8, 4) is 5.75 Å². The van der Waals surface area contributed by atoms with Gasteiger partial charge in [0.1, 0.15) is 5.75 Å². The molecular formula is C19H30O2. The predicted molar refractivity (Wildman–Crippen MR) is 87.8 cm³/mol. The van der Waals surface area contributed by atoms with E-state index < -0.39 is 5.60 Å². The van der Waals surface area contributed by atoms with Gasteiger partial charge in [-0.15, -0.1) is 0 Å². The molecule has 0 unspecified atom stereocenters. The van der Waals surface area contributed by atoms with Crippen molar-refractivity contribution in [2.75, 3.05) is 6.61 Å². The zero-order chi connectivity index (χ0) is 15.5. The summed E-state index contributed by atoms with van der Waals surface area (Å²) in [5.74, 6) is 2.10. The van der Waals surface area contributed by atoms with Gasteiger partial charge in [0.15, 0.2) is 0 Å². The van der Waals surface area contributed by atoms with Crippen molar-refractivity contribution in [2.24, 2.45) is 11.8 Å². The monoisotopic (exact) mass is 290 g/mol. The van der Waals surface area contributed by atoms with Gasteiger partial charge in [-0.25, -0.2) is 0 Å². The van der Waals surface area contributed by atoms with Crippen molar-refractivity contribution < 1.29 is 9.84 Å². The maximum atomic E-state index is 11.0. The quantitative estimate of drug-likeness (QED) is 0.807. The molecule has 0 spiro atoms. The Morgan fingerprint density at radius 3 is 2.43 bits per heavy atom. The average molecular weight is 290 g/mol. The highest BCUT2D eigenvalue weighted by atomic mass is 16.5. The van der Waals surface area contributed by atoms with Gasteiger partial charge in [0.2, 0.25) is 0 Å². The van der Waals surface area contributed by atoms with Gasteiger partial charge in [0.25, 0.3) is 0 Å². The molecule has 1 heterocycles. The molecule has 0 radical (unpaired) electrons. The van der Waals surface area contributed by atoms with Crippen LogP contribution in [0.4, 0.5) is 0 Å². The lowest BCUT2D eigenvalue weighted by Gasteiger charge is -2.32. The fourth-order valence-electron chi connectivity index (χ4n) is 3.58. The zero-order valence-electron chi connectivity index (χ0n) is 14.0. The molecule has 118 valence electrons. The van der Waals surface area contributed by atoms with E-state index in [2.05, 4.69) is 45.9 Å². The van der Waals surface area contributed by atoms with Gasteiger partial charge in [-0.05, 0) is 54.7 Å². The summed E-state index contributed by atoms with van der Waals surface area (Å²) in [5, 5.41) is 11.0. The third kappa shape index (κ3) is 4.74. The number of fused-ring (bicyclic) bond motifs is 1. The molecule has 0 fully saturated rings. The SMILES string of the molecule is CC(C)CC(O)(CCc1ccc2c(c1)CCO2)CC(C)C. The molecule has 2 heteroatoms. The van der Waals surface area contributed by atoms with Crippen molar-refractivity contribution in [2.45, 2.75) is 65.4 Å². The molecule has 0 amide bonds. The minimum Gasteiger partial charge on any atom is -0.493 e. The Balaban J connectivity index is 2.00. The second-order valence-electron chi connectivity index (χ2n) is 7.46. The van der Waals surface area contributed by atoms with Crippen molar-refractivity contribution in [1.29, 1.82) is 0 Å². The Bertz CT molecular complexity index is 453. The molecule has 0 aliphatic carbocycles. The third-order valence-electron chi connectivity index (χ3n) is 4.21. The van der Waals surface area contributed by atoms with Gasteiger partial charge in [0.05, 0.1) is 12.2 Å². The van der Waals surface area contributed by atoms with Gasteiger partial charge >= 0.3 is 0 Å². The minimum absolute atomic E-state index is 0.530. The van der Waals surface area contributed by atoms with Gasteiger partial charge in [0, 0.05) is 6.42 Å². The maximum absolute atomic E-state index is 11.0. The summed E-state index contributed by atoms with van der Waals surface area (Å²) in [6, 6.07) is 6.49. The molecule has 1 aromatic rings. The predicted octanol–water partition coefficient (Wildman–Crippen LogP) is 4.38. The lowest BCUT2D eigenvalue weighted by Crippen LogP contribution is -2.33. The van der Waals surface area contributed by atoms with Crippen LogP contribution in [-0.4, -0.2) is 17.3 Å². The van der Waals surface area contributed by atoms with E-state index in [9.17, 15) is 5.11 Å². The Hall–Kier alpha value is -1.02. The number of aryl methyl sites for hydroxylation is 1. The molecule has 0 atom stereocenters. The second kappa shape index (κ2) is 6.83. The van der Waals surface area contributed by atoms with Crippen molar-refractivity contribution in [3.05, 3.63) is 29.3 Å². The summed E-state index contributed by atoms with van der Waals surface area (Å²) in [6.45, 7) is 9.58. The first-order valence-corrected chi connectivity index (χ1v) is 8.35. The second-order valence-corrected chi connectivity index (χ2v) is 7.46. The molecule has 2 nitrogen and oxygen atoms in total. The van der Waals surface area contributed by atoms with E-state index in [1.807, 2.05) is 0 Å². The number of rotatable bonds is 7. The highest BCUT2D eigenvalue weighted by Gasteiger charge is 2.28. The van der Waals surface area contributed by atoms with Crippen LogP contribution in [0.1, 0.15) is 58.1 Å². The van der Waals surface area contributed by atoms with Crippen LogP contribution in [0.15, 0.2) is 18.2 Å². The molecule has 0 saturated carbocycles. The van der Waals surface area contributed by atoms with Crippen LogP contribution in [0.2, 0.25) is 0 Å². The van der Waals surface area contributed by atoms with Crippen LogP contribution >= 0.6 is 0 Å². The summed E-state index contributed by atoms with van der Waals surface area (Å²) >= 11 is 0. The Kier molecular flexibility index (Phi) is 5.32. The van der Waals surface area contributed by atoms with Crippen LogP contribution in [0.3, 0.4) is 0 Å². The summed E-state index contributed by atoms with van der Waals surface area (Å²) in [6.07, 6.45) is 4.59. The van der Waals surface area contributed by atoms with E-state index in [0.717, 1.165) is 44.5 Å². The van der Waals surface area contributed by atoms with E-state index in [1.54, 1.807) is 0 Å². The van der Waals surface area contributed by atoms with E-state index in [1.165, 1.54) is 11.1 Å². The standard InChI is InChI=1S/C19H30O2/c1-14(2)12-19(20,13-15(3)4)9-7-16-5-6-18-17(11-16)8-10-21-18/h5-6,11,14-15,20H,7-10,12-13H2,1-4H3. The smallest absolute Gasteiger partial charge is 0.122 e. The van der Waals surface area contributed by atoms with Gasteiger partial charge in [-0.2, -0.15) is 0 Å². The fourth-order valence-corrected chi connectivity index (χ4v) is 3.58. The third-order valence-corrected chi connectivity index (χ3v) is 4.21. The van der Waals surface area contributed by atoms with E-state index >= 15 is 0 Å². The number of aliphatic hydroxyl groups is 1. The minimum atomic E-state index is -0.530. The molecule has 0 aromatic heterocycles. The first-order chi connectivity index (χ1) is 9.88. The summed E-state index contributed by atoms with van der Waals surface area (Å²) < 4.78 is 5.55. The van der Waals surface area contributed by atoms with E-state index in [4.69, 9.17) is 4.74 Å². The molecular weight excluding hydrogens is 260 g/mol. The number of hydrogen-bond acceptors (Lipinski definition) is 2. The fraction of sp³-hybridized carbons (Fsp3) is 0.684. The van der Waals surface area contributed by atoms with Crippen molar-refractivity contribution in [1.82, 2.24) is 0 Å². The van der Waals surface area contributed by atoms with Crippen molar-refractivity contribution in [3.63, 3.8) is 0 Å².